The van der Waals surface area contributed by atoms with E-state index in [4.69, 9.17) is 0 Å². The summed E-state index contributed by atoms with van der Waals surface area (Å²) in [7, 11) is 2.20. The van der Waals surface area contributed by atoms with Crippen LogP contribution in [0.25, 0.3) is 0 Å². The molecular formula is C19H46N2. The summed E-state index contributed by atoms with van der Waals surface area (Å²) < 4.78 is 0. The first-order valence-electron chi connectivity index (χ1n) is 9.35. The zero-order valence-corrected chi connectivity index (χ0v) is 17.1. The lowest BCUT2D eigenvalue weighted by atomic mass is 10.0. The average molecular weight is 303 g/mol. The molecule has 2 atom stereocenters. The molecular weight excluding hydrogens is 256 g/mol. The Morgan fingerprint density at radius 3 is 1.33 bits per heavy atom. The summed E-state index contributed by atoms with van der Waals surface area (Å²) in [6, 6.07) is 0. The Labute approximate surface area is 137 Å². The zero-order valence-electron chi connectivity index (χ0n) is 17.1. The third kappa shape index (κ3) is 12.2. The van der Waals surface area contributed by atoms with E-state index in [0.717, 1.165) is 11.8 Å². The van der Waals surface area contributed by atoms with Gasteiger partial charge in [-0.3, -0.25) is 0 Å². The SMILES string of the molecule is CC.CC.CC.CC1CNC[C@@H]1C.CN1CCCC1(C)C. The van der Waals surface area contributed by atoms with Crippen LogP contribution < -0.4 is 5.32 Å². The minimum Gasteiger partial charge on any atom is -0.316 e. The number of likely N-dealkylation sites (tertiary alicyclic amines) is 1. The van der Waals surface area contributed by atoms with Crippen LogP contribution in [0.2, 0.25) is 0 Å². The standard InChI is InChI=1S/C7H15N.C6H13N.3C2H6/c1-7(2)5-4-6-8(7)3;1-5-3-7-4-6(5)2;3*1-2/h4-6H2,1-3H3;5-7H,3-4H2,1-2H3;3*1-2H3/t;5-,6?;;;/m.0.../s1. The number of nitrogens with zero attached hydrogens (tertiary/aromatic N) is 1. The lowest BCUT2D eigenvalue weighted by Crippen LogP contribution is -2.34. The molecule has 2 saturated heterocycles. The minimum absolute atomic E-state index is 0.486. The lowest BCUT2D eigenvalue weighted by molar-refractivity contribution is 0.218. The molecule has 2 fully saturated rings. The predicted molar refractivity (Wildman–Crippen MR) is 101 cm³/mol. The predicted octanol–water partition coefficient (Wildman–Crippen LogP) is 5.43. The first kappa shape index (κ1) is 25.9. The molecule has 132 valence electrons. The number of nitrogens with one attached hydrogen (secondary N) is 1. The van der Waals surface area contributed by atoms with Gasteiger partial charge in [0, 0.05) is 5.54 Å². The van der Waals surface area contributed by atoms with Crippen molar-refractivity contribution in [2.75, 3.05) is 26.7 Å². The summed E-state index contributed by atoms with van der Waals surface area (Å²) in [5.41, 5.74) is 0.486. The van der Waals surface area contributed by atoms with E-state index in [0.29, 0.717) is 5.54 Å². The van der Waals surface area contributed by atoms with Crippen molar-refractivity contribution in [2.45, 2.75) is 87.6 Å². The molecule has 2 aliphatic heterocycles. The van der Waals surface area contributed by atoms with Gasteiger partial charge in [0.15, 0.2) is 0 Å². The second kappa shape index (κ2) is 16.3. The van der Waals surface area contributed by atoms with Gasteiger partial charge in [0.05, 0.1) is 0 Å². The fraction of sp³-hybridized carbons (Fsp3) is 1.00. The Kier molecular flexibility index (Phi) is 20.1. The molecule has 0 saturated carbocycles. The average Bonchev–Trinajstić information content (AvgIpc) is 3.03. The normalized spacial score (nSPS) is 25.9. The highest BCUT2D eigenvalue weighted by molar-refractivity contribution is 4.84. The van der Waals surface area contributed by atoms with Gasteiger partial charge in [0.25, 0.3) is 0 Å². The Morgan fingerprint density at radius 1 is 0.857 bits per heavy atom. The molecule has 2 heteroatoms. The van der Waals surface area contributed by atoms with Crippen molar-refractivity contribution in [3.63, 3.8) is 0 Å². The van der Waals surface area contributed by atoms with Gasteiger partial charge < -0.3 is 10.2 Å². The number of rotatable bonds is 0. The maximum Gasteiger partial charge on any atom is 0.0150 e. The molecule has 0 spiro atoms. The molecule has 0 bridgehead atoms. The van der Waals surface area contributed by atoms with E-state index >= 15 is 0 Å². The minimum atomic E-state index is 0.486. The van der Waals surface area contributed by atoms with Gasteiger partial charge in [-0.1, -0.05) is 55.4 Å². The van der Waals surface area contributed by atoms with Crippen LogP contribution in [0.3, 0.4) is 0 Å². The van der Waals surface area contributed by atoms with Crippen molar-refractivity contribution in [2.24, 2.45) is 11.8 Å². The van der Waals surface area contributed by atoms with Crippen LogP contribution in [0.4, 0.5) is 0 Å². The van der Waals surface area contributed by atoms with E-state index in [9.17, 15) is 0 Å². The van der Waals surface area contributed by atoms with Crippen molar-refractivity contribution in [3.8, 4) is 0 Å². The van der Waals surface area contributed by atoms with E-state index in [1.54, 1.807) is 0 Å². The molecule has 2 rings (SSSR count). The van der Waals surface area contributed by atoms with Gasteiger partial charge in [-0.2, -0.15) is 0 Å². The Balaban J connectivity index is -0.000000229. The smallest absolute Gasteiger partial charge is 0.0150 e. The highest BCUT2D eigenvalue weighted by atomic mass is 15.2. The molecule has 2 heterocycles. The van der Waals surface area contributed by atoms with Crippen LogP contribution in [0.1, 0.15) is 82.1 Å². The van der Waals surface area contributed by atoms with E-state index < -0.39 is 0 Å². The fourth-order valence-corrected chi connectivity index (χ4v) is 2.18. The van der Waals surface area contributed by atoms with Crippen LogP contribution in [0.15, 0.2) is 0 Å². The second-order valence-corrected chi connectivity index (χ2v) is 5.95. The molecule has 0 amide bonds. The van der Waals surface area contributed by atoms with Crippen molar-refractivity contribution in [3.05, 3.63) is 0 Å². The summed E-state index contributed by atoms with van der Waals surface area (Å²) in [5, 5.41) is 3.32. The van der Waals surface area contributed by atoms with Gasteiger partial charge >= 0.3 is 0 Å². The van der Waals surface area contributed by atoms with Crippen LogP contribution >= 0.6 is 0 Å². The second-order valence-electron chi connectivity index (χ2n) is 5.95. The molecule has 0 aromatic heterocycles. The maximum atomic E-state index is 3.32. The first-order chi connectivity index (χ1) is 9.93. The third-order valence-electron chi connectivity index (χ3n) is 4.22. The molecule has 21 heavy (non-hydrogen) atoms. The van der Waals surface area contributed by atoms with Crippen LogP contribution in [0, 0.1) is 11.8 Å². The van der Waals surface area contributed by atoms with E-state index in [1.807, 2.05) is 41.5 Å². The van der Waals surface area contributed by atoms with Crippen molar-refractivity contribution in [1.82, 2.24) is 10.2 Å². The summed E-state index contributed by atoms with van der Waals surface area (Å²) in [6.07, 6.45) is 2.74. The van der Waals surface area contributed by atoms with Gasteiger partial charge in [0.2, 0.25) is 0 Å². The van der Waals surface area contributed by atoms with E-state index in [-0.39, 0.29) is 0 Å². The number of hydrogen-bond donors (Lipinski definition) is 1. The summed E-state index contributed by atoms with van der Waals surface area (Å²) in [6.45, 7) is 24.9. The molecule has 1 N–H and O–H groups in total. The maximum absolute atomic E-state index is 3.32. The van der Waals surface area contributed by atoms with Crippen molar-refractivity contribution in [1.29, 1.82) is 0 Å². The van der Waals surface area contributed by atoms with Gasteiger partial charge in [-0.15, -0.1) is 0 Å². The topological polar surface area (TPSA) is 15.3 Å². The van der Waals surface area contributed by atoms with Gasteiger partial charge in [-0.25, -0.2) is 0 Å². The molecule has 0 aromatic carbocycles. The van der Waals surface area contributed by atoms with Gasteiger partial charge in [0.1, 0.15) is 0 Å². The van der Waals surface area contributed by atoms with Crippen LogP contribution in [-0.2, 0) is 0 Å². The van der Waals surface area contributed by atoms with Gasteiger partial charge in [-0.05, 0) is 65.2 Å². The Morgan fingerprint density at radius 2 is 1.24 bits per heavy atom. The monoisotopic (exact) mass is 302 g/mol. The molecule has 0 radical (unpaired) electrons. The highest BCUT2D eigenvalue weighted by Gasteiger charge is 2.27. The van der Waals surface area contributed by atoms with Crippen molar-refractivity contribution < 1.29 is 0 Å². The quantitative estimate of drug-likeness (QED) is 0.641. The Bertz CT molecular complexity index is 182. The number of hydrogen-bond acceptors (Lipinski definition) is 2. The first-order valence-corrected chi connectivity index (χ1v) is 9.35. The largest absolute Gasteiger partial charge is 0.316 e. The van der Waals surface area contributed by atoms with E-state index in [2.05, 4.69) is 45.0 Å². The lowest BCUT2D eigenvalue weighted by Gasteiger charge is -2.26. The summed E-state index contributed by atoms with van der Waals surface area (Å²) >= 11 is 0. The summed E-state index contributed by atoms with van der Waals surface area (Å²) in [4.78, 5) is 2.42. The fourth-order valence-electron chi connectivity index (χ4n) is 2.18. The van der Waals surface area contributed by atoms with E-state index in [1.165, 1.54) is 32.5 Å². The highest BCUT2D eigenvalue weighted by Crippen LogP contribution is 2.25. The van der Waals surface area contributed by atoms with Crippen LogP contribution in [0.5, 0.6) is 0 Å². The van der Waals surface area contributed by atoms with Crippen LogP contribution in [-0.4, -0.2) is 37.1 Å². The molecule has 2 aliphatic rings. The zero-order chi connectivity index (χ0) is 17.5. The summed E-state index contributed by atoms with van der Waals surface area (Å²) in [5.74, 6) is 1.81. The molecule has 0 aliphatic carbocycles. The Hall–Kier alpha value is -0.0800. The van der Waals surface area contributed by atoms with Crippen molar-refractivity contribution >= 4 is 0 Å². The molecule has 0 aromatic rings. The molecule has 2 nitrogen and oxygen atoms in total. The third-order valence-corrected chi connectivity index (χ3v) is 4.22. The molecule has 1 unspecified atom stereocenters.